The molecule has 0 spiro atoms. The molecule has 1 N–H and O–H groups in total. The molecular weight excluding hydrogens is 378 g/mol. The first-order chi connectivity index (χ1) is 13.2. The maximum atomic E-state index is 12.3. The van der Waals surface area contributed by atoms with Crippen LogP contribution in [-0.2, 0) is 21.4 Å². The van der Waals surface area contributed by atoms with Gasteiger partial charge in [-0.3, -0.25) is 4.79 Å². The fourth-order valence-electron chi connectivity index (χ4n) is 2.97. The molecule has 2 aromatic carbocycles. The second-order valence-electron chi connectivity index (χ2n) is 6.93. The van der Waals surface area contributed by atoms with Gasteiger partial charge in [0, 0.05) is 26.2 Å². The Morgan fingerprint density at radius 2 is 1.79 bits per heavy atom. The summed E-state index contributed by atoms with van der Waals surface area (Å²) in [5.41, 5.74) is 4.08. The summed E-state index contributed by atoms with van der Waals surface area (Å²) in [5.74, 6) is -0.125. The van der Waals surface area contributed by atoms with E-state index in [1.807, 2.05) is 32.0 Å². The van der Waals surface area contributed by atoms with Crippen molar-refractivity contribution < 1.29 is 13.2 Å². The highest BCUT2D eigenvalue weighted by molar-refractivity contribution is 7.89. The largest absolute Gasteiger partial charge is 0.326 e. The van der Waals surface area contributed by atoms with Crippen molar-refractivity contribution in [2.75, 3.05) is 19.4 Å². The van der Waals surface area contributed by atoms with Gasteiger partial charge in [-0.15, -0.1) is 5.10 Å². The number of benzene rings is 2. The number of sulfonamides is 1. The van der Waals surface area contributed by atoms with Crippen molar-refractivity contribution in [3.05, 3.63) is 47.5 Å². The summed E-state index contributed by atoms with van der Waals surface area (Å²) in [7, 11) is -0.581. The zero-order valence-corrected chi connectivity index (χ0v) is 17.1. The predicted molar refractivity (Wildman–Crippen MR) is 108 cm³/mol. The molecule has 0 aliphatic heterocycles. The molecule has 8 nitrogen and oxygen atoms in total. The third-order valence-electron chi connectivity index (χ3n) is 4.32. The summed E-state index contributed by atoms with van der Waals surface area (Å²) >= 11 is 0. The first-order valence-electron chi connectivity index (χ1n) is 8.81. The number of rotatable bonds is 6. The molecule has 0 fully saturated rings. The van der Waals surface area contributed by atoms with Crippen molar-refractivity contribution in [1.82, 2.24) is 19.3 Å². The molecule has 0 unspecified atom stereocenters. The minimum absolute atomic E-state index is 0.125. The summed E-state index contributed by atoms with van der Waals surface area (Å²) in [5, 5.41) is 11.0. The molecule has 1 amide bonds. The number of carbonyl (C=O) groups is 1. The van der Waals surface area contributed by atoms with Gasteiger partial charge in [-0.2, -0.15) is 0 Å². The average molecular weight is 401 g/mol. The Kier molecular flexibility index (Phi) is 5.48. The third kappa shape index (κ3) is 4.20. The van der Waals surface area contributed by atoms with Gasteiger partial charge in [0.2, 0.25) is 15.9 Å². The van der Waals surface area contributed by atoms with Crippen LogP contribution in [-0.4, -0.2) is 47.7 Å². The van der Waals surface area contributed by atoms with Crippen molar-refractivity contribution in [3.8, 4) is 0 Å². The molecule has 0 saturated carbocycles. The monoisotopic (exact) mass is 401 g/mol. The van der Waals surface area contributed by atoms with Gasteiger partial charge in [-0.05, 0) is 55.3 Å². The molecule has 0 aliphatic rings. The number of hydrogen-bond donors (Lipinski definition) is 1. The number of amides is 1. The van der Waals surface area contributed by atoms with Crippen molar-refractivity contribution in [3.63, 3.8) is 0 Å². The Bertz CT molecular complexity index is 1120. The zero-order valence-electron chi connectivity index (χ0n) is 16.3. The lowest BCUT2D eigenvalue weighted by atomic mass is 10.1. The normalized spacial score (nSPS) is 11.9. The lowest BCUT2D eigenvalue weighted by molar-refractivity contribution is -0.116. The Hall–Kier alpha value is -2.78. The first kappa shape index (κ1) is 20.0. The highest BCUT2D eigenvalue weighted by Crippen LogP contribution is 2.20. The van der Waals surface area contributed by atoms with E-state index < -0.39 is 10.0 Å². The van der Waals surface area contributed by atoms with Crippen LogP contribution >= 0.6 is 0 Å². The summed E-state index contributed by atoms with van der Waals surface area (Å²) in [6.45, 7) is 4.30. The standard InChI is InChI=1S/C19H23N5O3S/c1-13-9-14(2)11-15(10-13)20-19(25)7-8-24-18-6-5-16(12-17(18)21-22-24)28(26,27)23(3)4/h5-6,9-12H,7-8H2,1-4H3,(H,20,25). The van der Waals surface area contributed by atoms with Crippen LogP contribution in [0.5, 0.6) is 0 Å². The molecule has 0 aliphatic carbocycles. The predicted octanol–water partition coefficient (Wildman–Crippen LogP) is 2.33. The zero-order chi connectivity index (χ0) is 20.5. The summed E-state index contributed by atoms with van der Waals surface area (Å²) in [6, 6.07) is 10.6. The van der Waals surface area contributed by atoms with Crippen molar-refractivity contribution >= 4 is 32.7 Å². The molecule has 1 aromatic heterocycles. The third-order valence-corrected chi connectivity index (χ3v) is 6.13. The van der Waals surface area contributed by atoms with Crippen molar-refractivity contribution in [1.29, 1.82) is 0 Å². The summed E-state index contributed by atoms with van der Waals surface area (Å²) < 4.78 is 27.2. The molecule has 28 heavy (non-hydrogen) atoms. The number of hydrogen-bond acceptors (Lipinski definition) is 5. The van der Waals surface area contributed by atoms with Crippen LogP contribution in [0.3, 0.4) is 0 Å². The maximum Gasteiger partial charge on any atom is 0.242 e. The van der Waals surface area contributed by atoms with Crippen LogP contribution in [0, 0.1) is 13.8 Å². The molecule has 3 aromatic rings. The average Bonchev–Trinajstić information content (AvgIpc) is 3.01. The SMILES string of the molecule is Cc1cc(C)cc(NC(=O)CCn2nnc3cc(S(=O)(=O)N(C)C)ccc32)c1. The highest BCUT2D eigenvalue weighted by atomic mass is 32.2. The second-order valence-corrected chi connectivity index (χ2v) is 9.08. The summed E-state index contributed by atoms with van der Waals surface area (Å²) in [4.78, 5) is 12.4. The molecule has 0 radical (unpaired) electrons. The minimum Gasteiger partial charge on any atom is -0.326 e. The van der Waals surface area contributed by atoms with E-state index >= 15 is 0 Å². The van der Waals surface area contributed by atoms with Crippen molar-refractivity contribution in [2.24, 2.45) is 0 Å². The Balaban J connectivity index is 1.72. The quantitative estimate of drug-likeness (QED) is 0.684. The number of fused-ring (bicyclic) bond motifs is 1. The van der Waals surface area contributed by atoms with Crippen LogP contribution in [0.2, 0.25) is 0 Å². The number of aromatic nitrogens is 3. The van der Waals surface area contributed by atoms with E-state index in [4.69, 9.17) is 0 Å². The fraction of sp³-hybridized carbons (Fsp3) is 0.316. The van der Waals surface area contributed by atoms with Gasteiger partial charge in [0.25, 0.3) is 0 Å². The fourth-order valence-corrected chi connectivity index (χ4v) is 3.89. The lowest BCUT2D eigenvalue weighted by Crippen LogP contribution is -2.22. The summed E-state index contributed by atoms with van der Waals surface area (Å²) in [6.07, 6.45) is 0.225. The number of anilines is 1. The molecule has 0 saturated heterocycles. The molecule has 0 bridgehead atoms. The number of carbonyl (C=O) groups excluding carboxylic acids is 1. The van der Waals surface area contributed by atoms with Crippen molar-refractivity contribution in [2.45, 2.75) is 31.7 Å². The van der Waals surface area contributed by atoms with Crippen LogP contribution in [0.15, 0.2) is 41.3 Å². The van der Waals surface area contributed by atoms with Gasteiger partial charge in [0.15, 0.2) is 0 Å². The van der Waals surface area contributed by atoms with E-state index in [2.05, 4.69) is 15.6 Å². The van der Waals surface area contributed by atoms with Crippen LogP contribution in [0.4, 0.5) is 5.69 Å². The molecule has 9 heteroatoms. The number of nitrogens with zero attached hydrogens (tertiary/aromatic N) is 4. The van der Waals surface area contributed by atoms with Gasteiger partial charge in [-0.25, -0.2) is 17.4 Å². The highest BCUT2D eigenvalue weighted by Gasteiger charge is 2.19. The Morgan fingerprint density at radius 1 is 1.11 bits per heavy atom. The number of nitrogens with one attached hydrogen (secondary N) is 1. The molecule has 148 valence electrons. The van der Waals surface area contributed by atoms with Gasteiger partial charge in [-0.1, -0.05) is 11.3 Å². The van der Waals surface area contributed by atoms with Gasteiger partial charge >= 0.3 is 0 Å². The van der Waals surface area contributed by atoms with E-state index in [1.165, 1.54) is 26.2 Å². The lowest BCUT2D eigenvalue weighted by Gasteiger charge is -2.11. The van der Waals surface area contributed by atoms with E-state index in [0.29, 0.717) is 17.6 Å². The molecule has 1 heterocycles. The van der Waals surface area contributed by atoms with Crippen LogP contribution < -0.4 is 5.32 Å². The number of aryl methyl sites for hydroxylation is 3. The van der Waals surface area contributed by atoms with Gasteiger partial charge in [0.05, 0.1) is 17.0 Å². The molecule has 3 rings (SSSR count). The van der Waals surface area contributed by atoms with Gasteiger partial charge < -0.3 is 5.32 Å². The smallest absolute Gasteiger partial charge is 0.242 e. The second kappa shape index (κ2) is 7.69. The maximum absolute atomic E-state index is 12.3. The minimum atomic E-state index is -3.53. The Morgan fingerprint density at radius 3 is 2.43 bits per heavy atom. The van der Waals surface area contributed by atoms with E-state index in [1.54, 1.807) is 10.7 Å². The van der Waals surface area contributed by atoms with E-state index in [0.717, 1.165) is 21.1 Å². The van der Waals surface area contributed by atoms with Crippen LogP contribution in [0.1, 0.15) is 17.5 Å². The van der Waals surface area contributed by atoms with Crippen LogP contribution in [0.25, 0.3) is 11.0 Å². The van der Waals surface area contributed by atoms with E-state index in [-0.39, 0.29) is 17.2 Å². The Labute approximate surface area is 164 Å². The molecular formula is C19H23N5O3S. The van der Waals surface area contributed by atoms with Gasteiger partial charge in [0.1, 0.15) is 5.52 Å². The topological polar surface area (TPSA) is 97.2 Å². The first-order valence-corrected chi connectivity index (χ1v) is 10.2. The molecule has 0 atom stereocenters. The van der Waals surface area contributed by atoms with E-state index in [9.17, 15) is 13.2 Å².